The Morgan fingerprint density at radius 1 is 1.00 bits per heavy atom. The zero-order valence-corrected chi connectivity index (χ0v) is 13.6. The van der Waals surface area contributed by atoms with Gasteiger partial charge in [0.2, 0.25) is 0 Å². The maximum atomic E-state index is 12.1. The van der Waals surface area contributed by atoms with Gasteiger partial charge in [-0.15, -0.1) is 0 Å². The van der Waals surface area contributed by atoms with E-state index in [0.29, 0.717) is 5.02 Å². The summed E-state index contributed by atoms with van der Waals surface area (Å²) in [5, 5.41) is 6.21. The van der Waals surface area contributed by atoms with Crippen LogP contribution in [0.25, 0.3) is 0 Å². The number of anilines is 1. The second-order valence-corrected chi connectivity index (χ2v) is 5.68. The lowest BCUT2D eigenvalue weighted by Crippen LogP contribution is -2.34. The van der Waals surface area contributed by atoms with Crippen LogP contribution in [0.2, 0.25) is 15.1 Å². The number of hydrogen-bond acceptors (Lipinski definition) is 2. The number of carbonyl (C=O) groups excluding carboxylic acids is 1. The lowest BCUT2D eigenvalue weighted by molar-refractivity contribution is 0.0978. The Balaban J connectivity index is 2.10. The van der Waals surface area contributed by atoms with Gasteiger partial charge in [0.1, 0.15) is 0 Å². The van der Waals surface area contributed by atoms with Crippen LogP contribution in [0.5, 0.6) is 0 Å². The van der Waals surface area contributed by atoms with E-state index in [4.69, 9.17) is 47.0 Å². The summed E-state index contributed by atoms with van der Waals surface area (Å²) in [6, 6.07) is 12.1. The van der Waals surface area contributed by atoms with Gasteiger partial charge in [-0.2, -0.15) is 0 Å². The van der Waals surface area contributed by atoms with Gasteiger partial charge < -0.3 is 5.32 Å². The Bertz CT molecular complexity index is 669. The van der Waals surface area contributed by atoms with Gasteiger partial charge in [-0.05, 0) is 36.5 Å². The first-order valence-corrected chi connectivity index (χ1v) is 7.33. The van der Waals surface area contributed by atoms with Crippen LogP contribution >= 0.6 is 47.0 Å². The molecule has 108 valence electrons. The highest BCUT2D eigenvalue weighted by molar-refractivity contribution is 7.80. The van der Waals surface area contributed by atoms with E-state index in [1.165, 1.54) is 12.1 Å². The Hall–Kier alpha value is -1.33. The highest BCUT2D eigenvalue weighted by Crippen LogP contribution is 2.28. The number of halogens is 3. The summed E-state index contributed by atoms with van der Waals surface area (Å²) in [7, 11) is 0. The fourth-order valence-electron chi connectivity index (χ4n) is 1.61. The number of thiocarbonyl (C=S) groups is 1. The predicted molar refractivity (Wildman–Crippen MR) is 91.6 cm³/mol. The molecule has 0 bridgehead atoms. The zero-order valence-electron chi connectivity index (χ0n) is 10.5. The fraction of sp³-hybridized carbons (Fsp3) is 0. The van der Waals surface area contributed by atoms with E-state index in [9.17, 15) is 4.79 Å². The van der Waals surface area contributed by atoms with Crippen LogP contribution in [0.3, 0.4) is 0 Å². The Morgan fingerprint density at radius 2 is 1.57 bits per heavy atom. The van der Waals surface area contributed by atoms with Gasteiger partial charge in [-0.1, -0.05) is 53.0 Å². The van der Waals surface area contributed by atoms with E-state index in [0.717, 1.165) is 5.69 Å². The molecule has 0 spiro atoms. The highest BCUT2D eigenvalue weighted by atomic mass is 35.5. The number of benzene rings is 2. The first-order chi connectivity index (χ1) is 9.97. The molecular weight excluding hydrogens is 351 g/mol. The summed E-state index contributed by atoms with van der Waals surface area (Å²) in [5.41, 5.74) is 0.885. The standard InChI is InChI=1S/C14H9Cl3N2OS/c15-8-6-10(16)12(11(17)7-8)13(20)19-14(21)18-9-4-2-1-3-5-9/h1-7H,(H2,18,19,20,21). The molecule has 0 aliphatic carbocycles. The minimum absolute atomic E-state index is 0.125. The van der Waals surface area contributed by atoms with Crippen molar-refractivity contribution in [2.24, 2.45) is 0 Å². The van der Waals surface area contributed by atoms with Gasteiger partial charge in [0.05, 0.1) is 15.6 Å². The van der Waals surface area contributed by atoms with Crippen molar-refractivity contribution < 1.29 is 4.79 Å². The maximum Gasteiger partial charge on any atom is 0.260 e. The molecule has 2 aromatic carbocycles. The normalized spacial score (nSPS) is 10.0. The van der Waals surface area contributed by atoms with Gasteiger partial charge in [-0.3, -0.25) is 10.1 Å². The van der Waals surface area contributed by atoms with Gasteiger partial charge in [0, 0.05) is 10.7 Å². The van der Waals surface area contributed by atoms with E-state index in [-0.39, 0.29) is 20.7 Å². The van der Waals surface area contributed by atoms with Crippen LogP contribution in [0.1, 0.15) is 10.4 Å². The molecule has 2 rings (SSSR count). The summed E-state index contributed by atoms with van der Waals surface area (Å²) < 4.78 is 0. The van der Waals surface area contributed by atoms with Crippen molar-refractivity contribution in [1.29, 1.82) is 0 Å². The second-order valence-electron chi connectivity index (χ2n) is 4.02. The van der Waals surface area contributed by atoms with Crippen LogP contribution in [0.15, 0.2) is 42.5 Å². The molecule has 0 saturated carbocycles. The second kappa shape index (κ2) is 7.09. The first kappa shape index (κ1) is 16.0. The summed E-state index contributed by atoms with van der Waals surface area (Å²) >= 11 is 22.8. The molecule has 2 N–H and O–H groups in total. The van der Waals surface area contributed by atoms with Crippen LogP contribution in [-0.4, -0.2) is 11.0 Å². The van der Waals surface area contributed by atoms with Crippen LogP contribution < -0.4 is 10.6 Å². The lowest BCUT2D eigenvalue weighted by atomic mass is 10.2. The van der Waals surface area contributed by atoms with Crippen LogP contribution in [0, 0.1) is 0 Å². The zero-order chi connectivity index (χ0) is 15.4. The fourth-order valence-corrected chi connectivity index (χ4v) is 2.81. The first-order valence-electron chi connectivity index (χ1n) is 5.79. The number of hydrogen-bond donors (Lipinski definition) is 2. The molecule has 7 heteroatoms. The largest absolute Gasteiger partial charge is 0.332 e. The average molecular weight is 360 g/mol. The molecule has 21 heavy (non-hydrogen) atoms. The molecule has 0 aromatic heterocycles. The average Bonchev–Trinajstić information content (AvgIpc) is 2.38. The van der Waals surface area contributed by atoms with Crippen molar-refractivity contribution in [2.45, 2.75) is 0 Å². The maximum absolute atomic E-state index is 12.1. The van der Waals surface area contributed by atoms with Crippen molar-refractivity contribution in [3.8, 4) is 0 Å². The van der Waals surface area contributed by atoms with Gasteiger partial charge in [-0.25, -0.2) is 0 Å². The summed E-state index contributed by atoms with van der Waals surface area (Å²) in [4.78, 5) is 12.1. The number of carbonyl (C=O) groups is 1. The molecule has 0 radical (unpaired) electrons. The Morgan fingerprint density at radius 3 is 2.14 bits per heavy atom. The monoisotopic (exact) mass is 358 g/mol. The van der Waals surface area contributed by atoms with E-state index in [1.807, 2.05) is 30.3 Å². The van der Waals surface area contributed by atoms with E-state index in [2.05, 4.69) is 10.6 Å². The van der Waals surface area contributed by atoms with Gasteiger partial charge in [0.15, 0.2) is 5.11 Å². The van der Waals surface area contributed by atoms with Crippen molar-refractivity contribution in [2.75, 3.05) is 5.32 Å². The van der Waals surface area contributed by atoms with Crippen LogP contribution in [0.4, 0.5) is 5.69 Å². The van der Waals surface area contributed by atoms with E-state index in [1.54, 1.807) is 0 Å². The third kappa shape index (κ3) is 4.32. The topological polar surface area (TPSA) is 41.1 Å². The molecule has 0 aliphatic rings. The van der Waals surface area contributed by atoms with Crippen molar-refractivity contribution in [3.63, 3.8) is 0 Å². The number of rotatable bonds is 2. The quantitative estimate of drug-likeness (QED) is 0.759. The molecule has 1 amide bonds. The Kier molecular flexibility index (Phi) is 5.42. The van der Waals surface area contributed by atoms with Crippen molar-refractivity contribution in [1.82, 2.24) is 5.32 Å². The molecular formula is C14H9Cl3N2OS. The predicted octanol–water partition coefficient (Wildman–Crippen LogP) is 4.77. The summed E-state index contributed by atoms with van der Waals surface area (Å²) in [6.07, 6.45) is 0. The van der Waals surface area contributed by atoms with E-state index < -0.39 is 5.91 Å². The van der Waals surface area contributed by atoms with Gasteiger partial charge >= 0.3 is 0 Å². The minimum atomic E-state index is -0.505. The molecule has 0 heterocycles. The molecule has 0 fully saturated rings. The van der Waals surface area contributed by atoms with Crippen molar-refractivity contribution >= 4 is 63.7 Å². The molecule has 2 aromatic rings. The number of amides is 1. The third-order valence-electron chi connectivity index (χ3n) is 2.49. The summed E-state index contributed by atoms with van der Waals surface area (Å²) in [5.74, 6) is -0.505. The van der Waals surface area contributed by atoms with Crippen LogP contribution in [-0.2, 0) is 0 Å². The minimum Gasteiger partial charge on any atom is -0.332 e. The molecule has 0 saturated heterocycles. The third-order valence-corrected chi connectivity index (χ3v) is 3.51. The SMILES string of the molecule is O=C(NC(=S)Nc1ccccc1)c1c(Cl)cc(Cl)cc1Cl. The molecule has 3 nitrogen and oxygen atoms in total. The number of nitrogens with one attached hydrogen (secondary N) is 2. The molecule has 0 aliphatic heterocycles. The van der Waals surface area contributed by atoms with Crippen molar-refractivity contribution in [3.05, 3.63) is 63.1 Å². The summed E-state index contributed by atoms with van der Waals surface area (Å²) in [6.45, 7) is 0. The molecule has 0 unspecified atom stereocenters. The number of para-hydroxylation sites is 1. The van der Waals surface area contributed by atoms with E-state index >= 15 is 0 Å². The van der Waals surface area contributed by atoms with Gasteiger partial charge in [0.25, 0.3) is 5.91 Å². The highest BCUT2D eigenvalue weighted by Gasteiger charge is 2.17. The molecule has 0 atom stereocenters. The smallest absolute Gasteiger partial charge is 0.260 e. The lowest BCUT2D eigenvalue weighted by Gasteiger charge is -2.11. The Labute approximate surface area is 142 Å².